The zero-order valence-corrected chi connectivity index (χ0v) is 25.2. The van der Waals surface area contributed by atoms with Crippen LogP contribution in [0.3, 0.4) is 0 Å². The fourth-order valence-corrected chi connectivity index (χ4v) is 7.72. The first-order valence-corrected chi connectivity index (χ1v) is 18.1. The van der Waals surface area contributed by atoms with E-state index in [1.807, 2.05) is 29.7 Å². The number of thioether (sulfide) groups is 2. The first-order valence-electron chi connectivity index (χ1n) is 12.9. The minimum absolute atomic E-state index is 0.219. The first-order chi connectivity index (χ1) is 18.5. The highest BCUT2D eigenvalue weighted by Crippen LogP contribution is 2.35. The first kappa shape index (κ1) is 31.8. The van der Waals surface area contributed by atoms with Crippen LogP contribution in [0.5, 0.6) is 0 Å². The van der Waals surface area contributed by atoms with Gasteiger partial charge in [-0.05, 0) is 69.8 Å². The maximum atomic E-state index is 12.6. The second-order valence-corrected chi connectivity index (χ2v) is 14.6. The van der Waals surface area contributed by atoms with Crippen LogP contribution in [0.1, 0.15) is 45.4 Å². The molecular weight excluding hydrogens is 585 g/mol. The van der Waals surface area contributed by atoms with E-state index in [1.165, 1.54) is 5.57 Å². The summed E-state index contributed by atoms with van der Waals surface area (Å²) in [6.45, 7) is 3.99. The van der Waals surface area contributed by atoms with Gasteiger partial charge < -0.3 is 13.9 Å². The van der Waals surface area contributed by atoms with Crippen LogP contribution in [0.2, 0.25) is 0 Å². The number of rotatable bonds is 14. The van der Waals surface area contributed by atoms with Crippen LogP contribution in [0.15, 0.2) is 42.9 Å². The van der Waals surface area contributed by atoms with Crippen molar-refractivity contribution in [2.45, 2.75) is 52.0 Å². The summed E-state index contributed by atoms with van der Waals surface area (Å²) < 4.78 is 68.8. The van der Waals surface area contributed by atoms with Gasteiger partial charge in [0, 0.05) is 36.0 Å². The Morgan fingerprint density at radius 2 is 1.67 bits per heavy atom. The lowest BCUT2D eigenvalue weighted by Gasteiger charge is -2.18. The van der Waals surface area contributed by atoms with Crippen molar-refractivity contribution in [3.8, 4) is 0 Å². The summed E-state index contributed by atoms with van der Waals surface area (Å²) in [5.74, 6) is 1.41. The van der Waals surface area contributed by atoms with E-state index in [4.69, 9.17) is 13.5 Å². The molecule has 0 atom stereocenters. The summed E-state index contributed by atoms with van der Waals surface area (Å²) in [6, 6.07) is 0. The molecule has 0 bridgehead atoms. The third kappa shape index (κ3) is 10.7. The van der Waals surface area contributed by atoms with E-state index in [9.17, 15) is 21.6 Å². The van der Waals surface area contributed by atoms with Crippen molar-refractivity contribution >= 4 is 55.9 Å². The van der Waals surface area contributed by atoms with Crippen molar-refractivity contribution in [2.24, 2.45) is 0 Å². The predicted octanol–water partition coefficient (Wildman–Crippen LogP) is 2.59. The third-order valence-corrected chi connectivity index (χ3v) is 10.1. The maximum Gasteiger partial charge on any atom is 0.361 e. The Morgan fingerprint density at radius 1 is 0.949 bits per heavy atom. The Morgan fingerprint density at radius 3 is 2.36 bits per heavy atom. The molecule has 2 aliphatic heterocycles. The number of hydrogen-bond donors (Lipinski definition) is 2. The van der Waals surface area contributed by atoms with Crippen LogP contribution >= 0.6 is 23.5 Å². The normalized spacial score (nSPS) is 19.1. The van der Waals surface area contributed by atoms with Crippen molar-refractivity contribution in [1.29, 1.82) is 0 Å². The minimum Gasteiger partial charge on any atom is -0.405 e. The Kier molecular flexibility index (Phi) is 12.1. The zero-order chi connectivity index (χ0) is 28.5. The number of allylic oxidation sites excluding steroid dienone is 4. The number of oxazole rings is 1. The molecule has 2 N–H and O–H groups in total. The summed E-state index contributed by atoms with van der Waals surface area (Å²) in [5.41, 5.74) is 1.29. The number of aromatic nitrogens is 1. The Hall–Kier alpha value is -1.71. The highest BCUT2D eigenvalue weighted by Gasteiger charge is 2.17. The summed E-state index contributed by atoms with van der Waals surface area (Å²) in [6.07, 6.45) is 13.1. The van der Waals surface area contributed by atoms with Gasteiger partial charge >= 0.3 is 5.63 Å². The molecule has 0 unspecified atom stereocenters. The zero-order valence-electron chi connectivity index (χ0n) is 22.0. The number of hydrogen-bond acceptors (Lipinski definition) is 9. The molecule has 3 heterocycles. The van der Waals surface area contributed by atoms with Crippen LogP contribution in [-0.4, -0.2) is 71.5 Å². The molecule has 0 aliphatic carbocycles. The van der Waals surface area contributed by atoms with Gasteiger partial charge in [0.05, 0.1) is 16.5 Å². The molecule has 14 heteroatoms. The van der Waals surface area contributed by atoms with Gasteiger partial charge in [0.2, 0.25) is 5.55 Å². The Balaban J connectivity index is 1.71. The summed E-state index contributed by atoms with van der Waals surface area (Å²) in [5, 5.41) is 1.45. The highest BCUT2D eigenvalue weighted by atomic mass is 32.2. The summed E-state index contributed by atoms with van der Waals surface area (Å²) in [4.78, 5) is 15.9. The maximum absolute atomic E-state index is 12.6. The van der Waals surface area contributed by atoms with Crippen LogP contribution in [-0.2, 0) is 26.8 Å². The Bertz CT molecular complexity index is 1480. The van der Waals surface area contributed by atoms with Gasteiger partial charge in [0.25, 0.3) is 20.2 Å². The molecule has 3 rings (SSSR count). The molecule has 1 fully saturated rings. The number of unbranched alkanes of at least 4 members (excludes halogenated alkanes) is 2. The molecule has 0 saturated carbocycles. The second kappa shape index (κ2) is 14.8. The van der Waals surface area contributed by atoms with E-state index in [0.29, 0.717) is 49.7 Å². The van der Waals surface area contributed by atoms with Gasteiger partial charge in [-0.15, -0.1) is 23.5 Å². The minimum atomic E-state index is -3.94. The average Bonchev–Trinajstić information content (AvgIpc) is 3.56. The molecule has 1 saturated heterocycles. The summed E-state index contributed by atoms with van der Waals surface area (Å²) in [7, 11) is -7.87. The van der Waals surface area contributed by atoms with Crippen molar-refractivity contribution in [2.75, 3.05) is 36.1 Å². The van der Waals surface area contributed by atoms with Gasteiger partial charge in [0.15, 0.2) is 0 Å². The molecule has 2 aliphatic rings. The monoisotopic (exact) mass is 620 g/mol. The van der Waals surface area contributed by atoms with Gasteiger partial charge in [0.1, 0.15) is 5.35 Å². The predicted molar refractivity (Wildman–Crippen MR) is 158 cm³/mol. The lowest BCUT2D eigenvalue weighted by atomic mass is 10.1. The van der Waals surface area contributed by atoms with E-state index in [1.54, 1.807) is 35.7 Å². The molecule has 0 amide bonds. The molecule has 0 radical (unpaired) electrons. The lowest BCUT2D eigenvalue weighted by molar-refractivity contribution is 0.391. The highest BCUT2D eigenvalue weighted by molar-refractivity contribution is 8.03. The second-order valence-electron chi connectivity index (χ2n) is 9.19. The largest absolute Gasteiger partial charge is 0.405 e. The Labute approximate surface area is 238 Å². The fourth-order valence-electron chi connectivity index (χ4n) is 4.38. The standard InChI is InChI=1S/C25H36N2O8S4/c1-2-27-21(11-12-24-26(15-17-37-24)14-4-6-19-39(32,33)34)25(28)35-23(27)10-7-9-22-20(13-16-36-22)8-3-5-18-38(29,30)31/h7,9-12H,2-6,8,13-19H2,1H3,(H,29,30,31)(H,32,33,34)/b9-7+,21-11-,23-10+,24-12-. The van der Waals surface area contributed by atoms with E-state index in [-0.39, 0.29) is 11.5 Å². The number of nitrogens with zero attached hydrogens (tertiary/aromatic N) is 2. The van der Waals surface area contributed by atoms with Gasteiger partial charge in [-0.1, -0.05) is 11.6 Å². The molecular formula is C25H36N2O8S4. The molecule has 10 nitrogen and oxygen atoms in total. The van der Waals surface area contributed by atoms with Crippen molar-refractivity contribution in [3.05, 3.63) is 55.1 Å². The average molecular weight is 621 g/mol. The smallest absolute Gasteiger partial charge is 0.361 e. The van der Waals surface area contributed by atoms with Crippen molar-refractivity contribution in [3.63, 3.8) is 0 Å². The molecule has 218 valence electrons. The van der Waals surface area contributed by atoms with Crippen molar-refractivity contribution < 1.29 is 30.4 Å². The van der Waals surface area contributed by atoms with E-state index < -0.39 is 25.9 Å². The fraction of sp³-hybridized carbons (Fsp3) is 0.560. The van der Waals surface area contributed by atoms with Crippen LogP contribution in [0, 0.1) is 0 Å². The lowest BCUT2D eigenvalue weighted by Crippen LogP contribution is -2.31. The van der Waals surface area contributed by atoms with Gasteiger partial charge in [-0.3, -0.25) is 9.11 Å². The van der Waals surface area contributed by atoms with Crippen LogP contribution in [0.25, 0.3) is 12.2 Å². The van der Waals surface area contributed by atoms with Gasteiger partial charge in [-0.2, -0.15) is 16.8 Å². The SMILES string of the molecule is CCn1/c(=C\C=C2/SCCN2CCCCS(=O)(=O)O)c(=O)o/c1=C/C=C/C1=C(CCCCS(=O)(=O)O)CCS1. The van der Waals surface area contributed by atoms with E-state index in [2.05, 4.69) is 4.90 Å². The van der Waals surface area contributed by atoms with Gasteiger partial charge in [-0.25, -0.2) is 4.79 Å². The van der Waals surface area contributed by atoms with Crippen LogP contribution < -0.4 is 16.5 Å². The molecule has 39 heavy (non-hydrogen) atoms. The third-order valence-electron chi connectivity index (χ3n) is 6.29. The topological polar surface area (TPSA) is 147 Å². The quantitative estimate of drug-likeness (QED) is 0.234. The van der Waals surface area contributed by atoms with E-state index >= 15 is 0 Å². The van der Waals surface area contributed by atoms with Crippen LogP contribution in [0.4, 0.5) is 0 Å². The molecule has 0 aromatic carbocycles. The van der Waals surface area contributed by atoms with E-state index in [0.717, 1.165) is 40.8 Å². The molecule has 1 aromatic rings. The molecule has 0 spiro atoms. The van der Waals surface area contributed by atoms with Crippen molar-refractivity contribution in [1.82, 2.24) is 9.47 Å². The summed E-state index contributed by atoms with van der Waals surface area (Å²) >= 11 is 3.41. The molecule has 1 aromatic heterocycles.